The fraction of sp³-hybridized carbons (Fsp3) is 0.143. The second-order valence-electron chi connectivity index (χ2n) is 3.92. The van der Waals surface area contributed by atoms with Gasteiger partial charge in [0.2, 0.25) is 0 Å². The van der Waals surface area contributed by atoms with Gasteiger partial charge >= 0.3 is 11.9 Å². The van der Waals surface area contributed by atoms with Crippen molar-refractivity contribution in [2.75, 3.05) is 0 Å². The van der Waals surface area contributed by atoms with Gasteiger partial charge in [0.25, 0.3) is 0 Å². The third-order valence-electron chi connectivity index (χ3n) is 2.42. The first kappa shape index (κ1) is 14.7. The van der Waals surface area contributed by atoms with E-state index in [0.717, 1.165) is 5.56 Å². The topological polar surface area (TPSA) is 101 Å². The molecular weight excluding hydrogens is 246 g/mol. The Morgan fingerprint density at radius 3 is 2.37 bits per heavy atom. The molecule has 0 amide bonds. The normalized spacial score (nSPS) is 13.4. The minimum absolute atomic E-state index is 0.0397. The number of aliphatic carboxylic acids is 2. The van der Waals surface area contributed by atoms with Crippen LogP contribution in [0.1, 0.15) is 12.0 Å². The number of allylic oxidation sites excluding steroid dienone is 2. The van der Waals surface area contributed by atoms with Crippen molar-refractivity contribution in [3.05, 3.63) is 53.6 Å². The lowest BCUT2D eigenvalue weighted by Gasteiger charge is -2.05. The first-order valence-electron chi connectivity index (χ1n) is 5.64. The van der Waals surface area contributed by atoms with E-state index in [9.17, 15) is 9.59 Å². The zero-order valence-corrected chi connectivity index (χ0v) is 10.2. The average Bonchev–Trinajstić information content (AvgIpc) is 2.38. The third-order valence-corrected chi connectivity index (χ3v) is 2.42. The maximum absolute atomic E-state index is 10.9. The molecule has 0 radical (unpaired) electrons. The molecular formula is C14H15NO4. The Morgan fingerprint density at radius 2 is 1.84 bits per heavy atom. The highest BCUT2D eigenvalue weighted by atomic mass is 16.4. The largest absolute Gasteiger partial charge is 0.480 e. The second-order valence-corrected chi connectivity index (χ2v) is 3.92. The van der Waals surface area contributed by atoms with E-state index in [1.165, 1.54) is 6.08 Å². The molecule has 1 aromatic rings. The van der Waals surface area contributed by atoms with Crippen LogP contribution in [-0.4, -0.2) is 28.2 Å². The van der Waals surface area contributed by atoms with Gasteiger partial charge in [-0.15, -0.1) is 0 Å². The number of hydrogen-bond donors (Lipinski definition) is 3. The minimum Gasteiger partial charge on any atom is -0.480 e. The molecule has 1 rings (SSSR count). The van der Waals surface area contributed by atoms with Gasteiger partial charge in [-0.1, -0.05) is 48.6 Å². The number of nitrogens with two attached hydrogens (primary N) is 1. The number of carboxylic acids is 2. The number of benzene rings is 1. The average molecular weight is 261 g/mol. The number of carbonyl (C=O) groups is 2. The third kappa shape index (κ3) is 5.18. The second kappa shape index (κ2) is 7.13. The highest BCUT2D eigenvalue weighted by molar-refractivity contribution is 5.88. The van der Waals surface area contributed by atoms with E-state index < -0.39 is 18.0 Å². The van der Waals surface area contributed by atoms with Gasteiger partial charge in [0.15, 0.2) is 0 Å². The highest BCUT2D eigenvalue weighted by Crippen LogP contribution is 2.07. The number of rotatable bonds is 6. The van der Waals surface area contributed by atoms with Gasteiger partial charge in [-0.2, -0.15) is 0 Å². The van der Waals surface area contributed by atoms with E-state index in [2.05, 4.69) is 0 Å². The van der Waals surface area contributed by atoms with Crippen LogP contribution in [0.3, 0.4) is 0 Å². The van der Waals surface area contributed by atoms with Crippen LogP contribution < -0.4 is 5.73 Å². The van der Waals surface area contributed by atoms with Crippen LogP contribution in [-0.2, 0) is 9.59 Å². The van der Waals surface area contributed by atoms with Crippen molar-refractivity contribution in [1.82, 2.24) is 0 Å². The fourth-order valence-corrected chi connectivity index (χ4v) is 1.39. The van der Waals surface area contributed by atoms with Crippen LogP contribution in [0.2, 0.25) is 0 Å². The summed E-state index contributed by atoms with van der Waals surface area (Å²) in [5.41, 5.74) is 6.19. The smallest absolute Gasteiger partial charge is 0.331 e. The van der Waals surface area contributed by atoms with Gasteiger partial charge in [0.1, 0.15) is 6.04 Å². The summed E-state index contributed by atoms with van der Waals surface area (Å²) in [5.74, 6) is -2.39. The Labute approximate surface area is 110 Å². The molecule has 1 atom stereocenters. The molecule has 1 unspecified atom stereocenters. The molecule has 0 heterocycles. The van der Waals surface area contributed by atoms with Gasteiger partial charge < -0.3 is 15.9 Å². The van der Waals surface area contributed by atoms with Crippen LogP contribution in [0, 0.1) is 0 Å². The lowest BCUT2D eigenvalue weighted by atomic mass is 10.1. The Morgan fingerprint density at radius 1 is 1.21 bits per heavy atom. The zero-order valence-electron chi connectivity index (χ0n) is 10.2. The summed E-state index contributed by atoms with van der Waals surface area (Å²) < 4.78 is 0. The van der Waals surface area contributed by atoms with Crippen molar-refractivity contribution >= 4 is 18.0 Å². The summed E-state index contributed by atoms with van der Waals surface area (Å²) in [6.07, 6.45) is 4.44. The Bertz CT molecular complexity index is 505. The summed E-state index contributed by atoms with van der Waals surface area (Å²) in [4.78, 5) is 21.5. The molecule has 0 fully saturated rings. The van der Waals surface area contributed by atoms with E-state index in [1.807, 2.05) is 30.3 Å². The van der Waals surface area contributed by atoms with Crippen LogP contribution in [0.15, 0.2) is 48.1 Å². The quantitative estimate of drug-likeness (QED) is 0.532. The molecule has 0 saturated carbocycles. The van der Waals surface area contributed by atoms with E-state index in [1.54, 1.807) is 12.2 Å². The molecule has 100 valence electrons. The summed E-state index contributed by atoms with van der Waals surface area (Å²) in [5, 5.41) is 17.6. The molecule has 1 aromatic carbocycles. The highest BCUT2D eigenvalue weighted by Gasteiger charge is 2.17. The Kier molecular flexibility index (Phi) is 5.50. The molecule has 4 N–H and O–H groups in total. The molecule has 0 bridgehead atoms. The van der Waals surface area contributed by atoms with Crippen molar-refractivity contribution in [2.45, 2.75) is 12.5 Å². The fourth-order valence-electron chi connectivity index (χ4n) is 1.39. The zero-order chi connectivity index (χ0) is 14.3. The SMILES string of the molecule is NC(C/C(=C\C=C\c1ccccc1)C(=O)O)C(=O)O. The molecule has 19 heavy (non-hydrogen) atoms. The maximum Gasteiger partial charge on any atom is 0.331 e. The summed E-state index contributed by atoms with van der Waals surface area (Å²) in [6.45, 7) is 0. The maximum atomic E-state index is 10.9. The van der Waals surface area contributed by atoms with Crippen molar-refractivity contribution < 1.29 is 19.8 Å². The Balaban J connectivity index is 2.77. The molecule has 5 heteroatoms. The van der Waals surface area contributed by atoms with Crippen molar-refractivity contribution in [3.63, 3.8) is 0 Å². The number of carboxylic acid groups (broad SMARTS) is 2. The molecule has 0 aliphatic rings. The lowest BCUT2D eigenvalue weighted by molar-refractivity contribution is -0.138. The minimum atomic E-state index is -1.22. The summed E-state index contributed by atoms with van der Waals surface area (Å²) in [6, 6.07) is 8.12. The molecule has 5 nitrogen and oxygen atoms in total. The predicted molar refractivity (Wildman–Crippen MR) is 71.4 cm³/mol. The van der Waals surface area contributed by atoms with E-state index in [4.69, 9.17) is 15.9 Å². The van der Waals surface area contributed by atoms with Gasteiger partial charge in [-0.3, -0.25) is 4.79 Å². The summed E-state index contributed by atoms with van der Waals surface area (Å²) in [7, 11) is 0. The molecule has 0 spiro atoms. The standard InChI is InChI=1S/C14H15NO4/c15-12(14(18)19)9-11(13(16)17)8-4-7-10-5-2-1-3-6-10/h1-8,12H,9,15H2,(H,16,17)(H,18,19)/b7-4+,11-8+. The van der Waals surface area contributed by atoms with Crippen LogP contribution in [0.25, 0.3) is 6.08 Å². The molecule has 0 aliphatic carbocycles. The molecule has 0 aliphatic heterocycles. The van der Waals surface area contributed by atoms with Crippen molar-refractivity contribution in [2.24, 2.45) is 5.73 Å². The van der Waals surface area contributed by atoms with Gasteiger partial charge in [-0.05, 0) is 5.56 Å². The van der Waals surface area contributed by atoms with Crippen LogP contribution in [0.5, 0.6) is 0 Å². The van der Waals surface area contributed by atoms with Crippen LogP contribution in [0.4, 0.5) is 0 Å². The lowest BCUT2D eigenvalue weighted by Crippen LogP contribution is -2.31. The first-order valence-corrected chi connectivity index (χ1v) is 5.64. The monoisotopic (exact) mass is 261 g/mol. The molecule has 0 saturated heterocycles. The number of hydrogen-bond acceptors (Lipinski definition) is 3. The van der Waals surface area contributed by atoms with E-state index >= 15 is 0 Å². The summed E-state index contributed by atoms with van der Waals surface area (Å²) >= 11 is 0. The first-order chi connectivity index (χ1) is 9.00. The van der Waals surface area contributed by atoms with Crippen molar-refractivity contribution in [1.29, 1.82) is 0 Å². The van der Waals surface area contributed by atoms with Crippen molar-refractivity contribution in [3.8, 4) is 0 Å². The van der Waals surface area contributed by atoms with E-state index in [0.29, 0.717) is 0 Å². The predicted octanol–water partition coefficient (Wildman–Crippen LogP) is 1.51. The van der Waals surface area contributed by atoms with Gasteiger partial charge in [0.05, 0.1) is 0 Å². The Hall–Kier alpha value is -2.40. The van der Waals surface area contributed by atoms with Gasteiger partial charge in [0, 0.05) is 12.0 Å². The van der Waals surface area contributed by atoms with Gasteiger partial charge in [-0.25, -0.2) is 4.79 Å². The van der Waals surface area contributed by atoms with E-state index in [-0.39, 0.29) is 12.0 Å². The van der Waals surface area contributed by atoms with Crippen LogP contribution >= 0.6 is 0 Å². The molecule has 0 aromatic heterocycles.